The van der Waals surface area contributed by atoms with Crippen molar-refractivity contribution in [2.75, 3.05) is 6.54 Å². The third kappa shape index (κ3) is 3.84. The summed E-state index contributed by atoms with van der Waals surface area (Å²) in [6, 6.07) is 6.66. The zero-order valence-electron chi connectivity index (χ0n) is 8.06. The molecule has 0 aromatic heterocycles. The van der Waals surface area contributed by atoms with Crippen LogP contribution in [0.3, 0.4) is 0 Å². The van der Waals surface area contributed by atoms with E-state index in [9.17, 15) is 0 Å². The fourth-order valence-corrected chi connectivity index (χ4v) is 1.98. The predicted molar refractivity (Wildman–Crippen MR) is 72.2 cm³/mol. The van der Waals surface area contributed by atoms with Crippen molar-refractivity contribution < 1.29 is 0 Å². The molecule has 0 spiro atoms. The Labute approximate surface area is 107 Å². The maximum absolute atomic E-state index is 5.53. The molecular formula is C10H14BrIN2. The average molecular weight is 369 g/mol. The predicted octanol–water partition coefficient (Wildman–Crippen LogP) is 2.49. The minimum absolute atomic E-state index is 0.366. The van der Waals surface area contributed by atoms with Gasteiger partial charge < -0.3 is 11.1 Å². The lowest BCUT2D eigenvalue weighted by Gasteiger charge is -2.12. The molecule has 14 heavy (non-hydrogen) atoms. The average Bonchev–Trinajstić information content (AvgIpc) is 2.19. The number of nitrogens with one attached hydrogen (secondary N) is 1. The molecule has 78 valence electrons. The Morgan fingerprint density at radius 1 is 1.57 bits per heavy atom. The number of benzene rings is 1. The number of halogens is 2. The van der Waals surface area contributed by atoms with Crippen LogP contribution in [0, 0.1) is 3.57 Å². The van der Waals surface area contributed by atoms with Crippen molar-refractivity contribution in [1.82, 2.24) is 5.32 Å². The van der Waals surface area contributed by atoms with Crippen molar-refractivity contribution in [3.05, 3.63) is 31.8 Å². The van der Waals surface area contributed by atoms with Crippen LogP contribution in [0.1, 0.15) is 12.5 Å². The van der Waals surface area contributed by atoms with Gasteiger partial charge in [-0.25, -0.2) is 0 Å². The molecule has 4 heteroatoms. The third-order valence-electron chi connectivity index (χ3n) is 2.00. The minimum atomic E-state index is 0.366. The van der Waals surface area contributed by atoms with E-state index in [1.54, 1.807) is 0 Å². The maximum atomic E-state index is 5.53. The Morgan fingerprint density at radius 3 is 2.93 bits per heavy atom. The van der Waals surface area contributed by atoms with Crippen molar-refractivity contribution >= 4 is 38.5 Å². The van der Waals surface area contributed by atoms with E-state index in [1.165, 1.54) is 9.13 Å². The molecule has 0 unspecified atom stereocenters. The Morgan fingerprint density at radius 2 is 2.29 bits per heavy atom. The molecule has 0 radical (unpaired) electrons. The van der Waals surface area contributed by atoms with Gasteiger partial charge in [-0.2, -0.15) is 0 Å². The van der Waals surface area contributed by atoms with Crippen LogP contribution in [0.4, 0.5) is 0 Å². The first kappa shape index (κ1) is 12.4. The van der Waals surface area contributed by atoms with Gasteiger partial charge >= 0.3 is 0 Å². The zero-order valence-corrected chi connectivity index (χ0v) is 11.8. The topological polar surface area (TPSA) is 38.0 Å². The van der Waals surface area contributed by atoms with E-state index in [2.05, 4.69) is 69.0 Å². The highest BCUT2D eigenvalue weighted by molar-refractivity contribution is 14.1. The minimum Gasteiger partial charge on any atom is -0.329 e. The molecule has 0 saturated carbocycles. The number of hydrogen-bond donors (Lipinski definition) is 2. The summed E-state index contributed by atoms with van der Waals surface area (Å²) in [5, 5.41) is 3.37. The van der Waals surface area contributed by atoms with Crippen molar-refractivity contribution in [3.8, 4) is 0 Å². The first-order chi connectivity index (χ1) is 6.63. The molecular weight excluding hydrogens is 355 g/mol. The molecule has 1 atom stereocenters. The second-order valence-electron chi connectivity index (χ2n) is 3.25. The van der Waals surface area contributed by atoms with Crippen molar-refractivity contribution in [3.63, 3.8) is 0 Å². The van der Waals surface area contributed by atoms with Crippen LogP contribution in [0.5, 0.6) is 0 Å². The molecule has 0 fully saturated rings. The highest BCUT2D eigenvalue weighted by Gasteiger charge is 2.02. The van der Waals surface area contributed by atoms with Gasteiger partial charge in [0, 0.05) is 27.2 Å². The molecule has 0 aliphatic carbocycles. The van der Waals surface area contributed by atoms with Crippen molar-refractivity contribution in [2.45, 2.75) is 19.5 Å². The Balaban J connectivity index is 2.62. The van der Waals surface area contributed by atoms with E-state index in [-0.39, 0.29) is 0 Å². The summed E-state index contributed by atoms with van der Waals surface area (Å²) in [4.78, 5) is 0. The van der Waals surface area contributed by atoms with E-state index in [1.807, 2.05) is 0 Å². The van der Waals surface area contributed by atoms with E-state index >= 15 is 0 Å². The van der Waals surface area contributed by atoms with Gasteiger partial charge in [-0.3, -0.25) is 0 Å². The summed E-state index contributed by atoms with van der Waals surface area (Å²) in [6.45, 7) is 3.63. The third-order valence-corrected chi connectivity index (χ3v) is 3.55. The van der Waals surface area contributed by atoms with Crippen LogP contribution < -0.4 is 11.1 Å². The first-order valence-corrected chi connectivity index (χ1v) is 6.38. The Bertz CT molecular complexity index is 304. The summed E-state index contributed by atoms with van der Waals surface area (Å²) in [5.74, 6) is 0. The summed E-state index contributed by atoms with van der Waals surface area (Å²) in [5.41, 5.74) is 6.84. The van der Waals surface area contributed by atoms with Crippen LogP contribution in [0.2, 0.25) is 0 Å². The van der Waals surface area contributed by atoms with E-state index in [0.29, 0.717) is 12.6 Å². The van der Waals surface area contributed by atoms with Gasteiger partial charge in [-0.05, 0) is 53.3 Å². The van der Waals surface area contributed by atoms with Crippen LogP contribution in [0.15, 0.2) is 22.7 Å². The molecule has 3 N–H and O–H groups in total. The fourth-order valence-electron chi connectivity index (χ4n) is 1.05. The van der Waals surface area contributed by atoms with Gasteiger partial charge in [0.15, 0.2) is 0 Å². The largest absolute Gasteiger partial charge is 0.329 e. The molecule has 0 amide bonds. The van der Waals surface area contributed by atoms with Crippen LogP contribution >= 0.6 is 38.5 Å². The van der Waals surface area contributed by atoms with Gasteiger partial charge in [0.05, 0.1) is 0 Å². The Kier molecular flexibility index (Phi) is 5.36. The molecule has 1 aromatic rings. The second kappa shape index (κ2) is 6.05. The van der Waals surface area contributed by atoms with Crippen LogP contribution in [0.25, 0.3) is 0 Å². The summed E-state index contributed by atoms with van der Waals surface area (Å²) >= 11 is 5.81. The van der Waals surface area contributed by atoms with Gasteiger partial charge in [0.25, 0.3) is 0 Å². The highest BCUT2D eigenvalue weighted by atomic mass is 127. The van der Waals surface area contributed by atoms with E-state index < -0.39 is 0 Å². The lowest BCUT2D eigenvalue weighted by molar-refractivity contribution is 0.555. The molecule has 0 bridgehead atoms. The normalized spacial score (nSPS) is 12.9. The molecule has 0 saturated heterocycles. The first-order valence-electron chi connectivity index (χ1n) is 4.51. The monoisotopic (exact) mass is 368 g/mol. The lowest BCUT2D eigenvalue weighted by atomic mass is 10.2. The van der Waals surface area contributed by atoms with E-state index in [4.69, 9.17) is 5.73 Å². The summed E-state index contributed by atoms with van der Waals surface area (Å²) in [6.07, 6.45) is 0. The molecule has 0 heterocycles. The Hall–Kier alpha value is 0.350. The zero-order chi connectivity index (χ0) is 10.6. The van der Waals surface area contributed by atoms with Crippen LogP contribution in [-0.2, 0) is 6.54 Å². The molecule has 1 rings (SSSR count). The SMILES string of the molecule is C[C@@H](CN)NCc1cc(Br)ccc1I. The smallest absolute Gasteiger partial charge is 0.0219 e. The highest BCUT2D eigenvalue weighted by Crippen LogP contribution is 2.18. The summed E-state index contributed by atoms with van der Waals surface area (Å²) in [7, 11) is 0. The number of rotatable bonds is 4. The fraction of sp³-hybridized carbons (Fsp3) is 0.400. The summed E-state index contributed by atoms with van der Waals surface area (Å²) < 4.78 is 2.40. The van der Waals surface area contributed by atoms with Gasteiger partial charge in [-0.1, -0.05) is 15.9 Å². The standard InChI is InChI=1S/C10H14BrIN2/c1-7(5-13)14-6-8-4-9(11)2-3-10(8)12/h2-4,7,14H,5-6,13H2,1H3/t7-/m0/s1. The molecule has 2 nitrogen and oxygen atoms in total. The van der Waals surface area contributed by atoms with Crippen LogP contribution in [-0.4, -0.2) is 12.6 Å². The molecule has 0 aliphatic rings. The number of hydrogen-bond acceptors (Lipinski definition) is 2. The van der Waals surface area contributed by atoms with Gasteiger partial charge in [0.2, 0.25) is 0 Å². The van der Waals surface area contributed by atoms with Crippen molar-refractivity contribution in [2.24, 2.45) is 5.73 Å². The van der Waals surface area contributed by atoms with Gasteiger partial charge in [0.1, 0.15) is 0 Å². The lowest BCUT2D eigenvalue weighted by Crippen LogP contribution is -2.32. The number of nitrogens with two attached hydrogens (primary N) is 1. The van der Waals surface area contributed by atoms with E-state index in [0.717, 1.165) is 11.0 Å². The molecule has 0 aliphatic heterocycles. The molecule has 1 aromatic carbocycles. The maximum Gasteiger partial charge on any atom is 0.0219 e. The second-order valence-corrected chi connectivity index (χ2v) is 5.33. The quantitative estimate of drug-likeness (QED) is 0.801. The van der Waals surface area contributed by atoms with Gasteiger partial charge in [-0.15, -0.1) is 0 Å². The van der Waals surface area contributed by atoms with Crippen molar-refractivity contribution in [1.29, 1.82) is 0 Å².